The van der Waals surface area contributed by atoms with E-state index < -0.39 is 16.1 Å². The van der Waals surface area contributed by atoms with Crippen LogP contribution in [0.5, 0.6) is 5.75 Å². The minimum absolute atomic E-state index is 0.0733. The van der Waals surface area contributed by atoms with Gasteiger partial charge in [-0.25, -0.2) is 8.42 Å². The quantitative estimate of drug-likeness (QED) is 0.661. The SMILES string of the molecule is CC(C)(C)c1ccc2c(c1)N(S(C)(=O)=O)C[C@@H](C(=O)NCCOCc1ccccc1)O2. The van der Waals surface area contributed by atoms with Gasteiger partial charge in [-0.15, -0.1) is 0 Å². The fourth-order valence-electron chi connectivity index (χ4n) is 3.29. The number of ether oxygens (including phenoxy) is 2. The topological polar surface area (TPSA) is 84.9 Å². The van der Waals surface area contributed by atoms with Crippen molar-refractivity contribution in [3.05, 3.63) is 59.7 Å². The summed E-state index contributed by atoms with van der Waals surface area (Å²) in [7, 11) is -3.58. The van der Waals surface area contributed by atoms with Crippen LogP contribution in [0.3, 0.4) is 0 Å². The lowest BCUT2D eigenvalue weighted by molar-refractivity contribution is -0.128. The number of hydrogen-bond acceptors (Lipinski definition) is 5. The normalized spacial score (nSPS) is 16.4. The number of carbonyl (C=O) groups excluding carboxylic acids is 1. The molecule has 1 aliphatic heterocycles. The van der Waals surface area contributed by atoms with Gasteiger partial charge in [0, 0.05) is 6.54 Å². The van der Waals surface area contributed by atoms with Crippen LogP contribution in [0.1, 0.15) is 31.9 Å². The number of sulfonamides is 1. The summed E-state index contributed by atoms with van der Waals surface area (Å²) in [4.78, 5) is 12.6. The number of amides is 1. The summed E-state index contributed by atoms with van der Waals surface area (Å²) in [5.74, 6) is 0.00709. The molecule has 2 aromatic carbocycles. The summed E-state index contributed by atoms with van der Waals surface area (Å²) in [6.07, 6.45) is 0.204. The van der Waals surface area contributed by atoms with Crippen LogP contribution < -0.4 is 14.4 Å². The van der Waals surface area contributed by atoms with Crippen LogP contribution in [0.25, 0.3) is 0 Å². The molecule has 1 heterocycles. The molecule has 0 unspecified atom stereocenters. The Labute approximate surface area is 184 Å². The summed E-state index contributed by atoms with van der Waals surface area (Å²) in [6.45, 7) is 7.20. The smallest absolute Gasteiger partial charge is 0.263 e. The Morgan fingerprint density at radius 1 is 1.19 bits per heavy atom. The Balaban J connectivity index is 1.63. The third-order valence-corrected chi connectivity index (χ3v) is 6.19. The highest BCUT2D eigenvalue weighted by Crippen LogP contribution is 2.38. The Bertz CT molecular complexity index is 1020. The maximum absolute atomic E-state index is 12.6. The Hall–Kier alpha value is -2.58. The lowest BCUT2D eigenvalue weighted by atomic mass is 9.86. The molecule has 0 radical (unpaired) electrons. The maximum atomic E-state index is 12.6. The second kappa shape index (κ2) is 9.28. The van der Waals surface area contributed by atoms with Crippen molar-refractivity contribution in [1.29, 1.82) is 0 Å². The van der Waals surface area contributed by atoms with Crippen LogP contribution in [0.4, 0.5) is 5.69 Å². The number of benzene rings is 2. The fourth-order valence-corrected chi connectivity index (χ4v) is 4.20. The average Bonchev–Trinajstić information content (AvgIpc) is 2.71. The predicted octanol–water partition coefficient (Wildman–Crippen LogP) is 2.84. The minimum Gasteiger partial charge on any atom is -0.476 e. The van der Waals surface area contributed by atoms with Crippen LogP contribution in [0.15, 0.2) is 48.5 Å². The molecule has 2 aromatic rings. The number of carbonyl (C=O) groups is 1. The summed E-state index contributed by atoms with van der Waals surface area (Å²) in [5.41, 5.74) is 2.36. The van der Waals surface area contributed by atoms with Gasteiger partial charge < -0.3 is 14.8 Å². The molecule has 3 rings (SSSR count). The van der Waals surface area contributed by atoms with Gasteiger partial charge in [0.05, 0.1) is 31.7 Å². The number of anilines is 1. The number of nitrogens with zero attached hydrogens (tertiary/aromatic N) is 1. The molecule has 0 fully saturated rings. The van der Waals surface area contributed by atoms with E-state index >= 15 is 0 Å². The van der Waals surface area contributed by atoms with Crippen LogP contribution in [-0.2, 0) is 31.6 Å². The van der Waals surface area contributed by atoms with Gasteiger partial charge in [-0.3, -0.25) is 9.10 Å². The number of fused-ring (bicyclic) bond motifs is 1. The number of rotatable bonds is 7. The molecule has 0 spiro atoms. The lowest BCUT2D eigenvalue weighted by Gasteiger charge is -2.35. The van der Waals surface area contributed by atoms with Gasteiger partial charge in [-0.2, -0.15) is 0 Å². The van der Waals surface area contributed by atoms with Gasteiger partial charge in [0.1, 0.15) is 5.75 Å². The van der Waals surface area contributed by atoms with Crippen molar-refractivity contribution in [2.45, 2.75) is 38.9 Å². The molecular weight excluding hydrogens is 416 g/mol. The molecular formula is C23H30N2O5S. The molecule has 1 N–H and O–H groups in total. The molecule has 31 heavy (non-hydrogen) atoms. The third-order valence-electron chi connectivity index (χ3n) is 5.04. The van der Waals surface area contributed by atoms with E-state index in [1.807, 2.05) is 42.5 Å². The monoisotopic (exact) mass is 446 g/mol. The highest BCUT2D eigenvalue weighted by molar-refractivity contribution is 7.92. The van der Waals surface area contributed by atoms with E-state index in [9.17, 15) is 13.2 Å². The van der Waals surface area contributed by atoms with Gasteiger partial charge in [-0.1, -0.05) is 57.2 Å². The van der Waals surface area contributed by atoms with Crippen molar-refractivity contribution in [3.63, 3.8) is 0 Å². The van der Waals surface area contributed by atoms with Gasteiger partial charge in [0.15, 0.2) is 6.10 Å². The minimum atomic E-state index is -3.58. The van der Waals surface area contributed by atoms with Crippen molar-refractivity contribution in [1.82, 2.24) is 5.32 Å². The van der Waals surface area contributed by atoms with E-state index in [-0.39, 0.29) is 17.9 Å². The molecule has 0 bridgehead atoms. The lowest BCUT2D eigenvalue weighted by Crippen LogP contribution is -2.51. The number of nitrogens with one attached hydrogen (secondary N) is 1. The molecule has 0 saturated carbocycles. The fraction of sp³-hybridized carbons (Fsp3) is 0.435. The standard InChI is InChI=1S/C23H30N2O5S/c1-23(2,3)18-10-11-20-19(14-18)25(31(4,27)28)15-21(30-20)22(26)24-12-13-29-16-17-8-6-5-7-9-17/h5-11,14,21H,12-13,15-16H2,1-4H3,(H,24,26)/t21-/m0/s1. The Morgan fingerprint density at radius 3 is 2.55 bits per heavy atom. The molecule has 1 atom stereocenters. The summed E-state index contributed by atoms with van der Waals surface area (Å²) >= 11 is 0. The van der Waals surface area contributed by atoms with Crippen molar-refractivity contribution in [3.8, 4) is 5.75 Å². The Kier molecular flexibility index (Phi) is 6.91. The van der Waals surface area contributed by atoms with Gasteiger partial charge >= 0.3 is 0 Å². The highest BCUT2D eigenvalue weighted by atomic mass is 32.2. The highest BCUT2D eigenvalue weighted by Gasteiger charge is 2.35. The Morgan fingerprint density at radius 2 is 1.90 bits per heavy atom. The molecule has 1 aliphatic rings. The number of hydrogen-bond donors (Lipinski definition) is 1. The van der Waals surface area contributed by atoms with E-state index in [1.54, 1.807) is 6.07 Å². The van der Waals surface area contributed by atoms with Crippen molar-refractivity contribution in [2.24, 2.45) is 0 Å². The first kappa shape index (κ1) is 23.1. The molecule has 1 amide bonds. The third kappa shape index (κ3) is 5.98. The van der Waals surface area contributed by atoms with E-state index in [0.717, 1.165) is 17.4 Å². The van der Waals surface area contributed by atoms with E-state index in [1.165, 1.54) is 4.31 Å². The van der Waals surface area contributed by atoms with E-state index in [2.05, 4.69) is 26.1 Å². The first-order chi connectivity index (χ1) is 14.6. The molecule has 0 aromatic heterocycles. The van der Waals surface area contributed by atoms with E-state index in [4.69, 9.17) is 9.47 Å². The second-order valence-electron chi connectivity index (χ2n) is 8.66. The van der Waals surface area contributed by atoms with Crippen molar-refractivity contribution < 1.29 is 22.7 Å². The zero-order valence-corrected chi connectivity index (χ0v) is 19.2. The molecule has 0 aliphatic carbocycles. The van der Waals surface area contributed by atoms with Crippen LogP contribution >= 0.6 is 0 Å². The summed E-state index contributed by atoms with van der Waals surface area (Å²) in [6, 6.07) is 15.2. The second-order valence-corrected chi connectivity index (χ2v) is 10.6. The first-order valence-electron chi connectivity index (χ1n) is 10.2. The molecule has 8 heteroatoms. The van der Waals surface area contributed by atoms with Crippen molar-refractivity contribution in [2.75, 3.05) is 30.3 Å². The van der Waals surface area contributed by atoms with Crippen LogP contribution in [0, 0.1) is 0 Å². The first-order valence-corrected chi connectivity index (χ1v) is 12.1. The van der Waals surface area contributed by atoms with Crippen molar-refractivity contribution >= 4 is 21.6 Å². The largest absolute Gasteiger partial charge is 0.476 e. The molecule has 7 nitrogen and oxygen atoms in total. The average molecular weight is 447 g/mol. The predicted molar refractivity (Wildman–Crippen MR) is 121 cm³/mol. The molecule has 0 saturated heterocycles. The van der Waals surface area contributed by atoms with Gasteiger partial charge in [-0.05, 0) is 28.7 Å². The van der Waals surface area contributed by atoms with Crippen LogP contribution in [0.2, 0.25) is 0 Å². The molecule has 168 valence electrons. The van der Waals surface area contributed by atoms with E-state index in [0.29, 0.717) is 31.2 Å². The van der Waals surface area contributed by atoms with Gasteiger partial charge in [0.2, 0.25) is 10.0 Å². The summed E-state index contributed by atoms with van der Waals surface area (Å²) in [5, 5.41) is 2.77. The zero-order valence-electron chi connectivity index (χ0n) is 18.4. The maximum Gasteiger partial charge on any atom is 0.263 e. The van der Waals surface area contributed by atoms with Gasteiger partial charge in [0.25, 0.3) is 5.91 Å². The zero-order chi connectivity index (χ0) is 22.6. The van der Waals surface area contributed by atoms with Crippen LogP contribution in [-0.4, -0.2) is 46.4 Å². The summed E-state index contributed by atoms with van der Waals surface area (Å²) < 4.78 is 37.5.